The van der Waals surface area contributed by atoms with Crippen molar-refractivity contribution in [3.05, 3.63) is 145 Å². The maximum absolute atomic E-state index is 13.7. The van der Waals surface area contributed by atoms with E-state index in [1.54, 1.807) is 12.1 Å². The normalized spacial score (nSPS) is 13.2. The second-order valence-electron chi connectivity index (χ2n) is 11.6. The van der Waals surface area contributed by atoms with Crippen molar-refractivity contribution in [1.82, 2.24) is 0 Å². The number of benzene rings is 6. The zero-order valence-corrected chi connectivity index (χ0v) is 29.6. The smallest absolute Gasteiger partial charge is 0.460 e. The van der Waals surface area contributed by atoms with Crippen LogP contribution in [0.25, 0.3) is 21.5 Å². The molecule has 0 aromatic heterocycles. The monoisotopic (exact) mass is 816 g/mol. The molecule has 0 unspecified atom stereocenters. The van der Waals surface area contributed by atoms with Crippen LogP contribution in [0.3, 0.4) is 0 Å². The minimum Gasteiger partial charge on any atom is -0.743 e. The van der Waals surface area contributed by atoms with Gasteiger partial charge < -0.3 is 4.55 Å². The van der Waals surface area contributed by atoms with Crippen molar-refractivity contribution in [2.45, 2.75) is 48.6 Å². The zero-order chi connectivity index (χ0) is 39.7. The Balaban J connectivity index is 0.000000281. The van der Waals surface area contributed by atoms with Crippen molar-refractivity contribution in [2.75, 3.05) is 0 Å². The van der Waals surface area contributed by atoms with Crippen LogP contribution in [-0.2, 0) is 36.6 Å². The van der Waals surface area contributed by atoms with Crippen LogP contribution in [0.1, 0.15) is 5.56 Å². The molecule has 0 radical (unpaired) electrons. The molecule has 0 saturated carbocycles. The van der Waals surface area contributed by atoms with Gasteiger partial charge in [-0.1, -0.05) is 84.9 Å². The molecule has 0 aliphatic heterocycles. The summed E-state index contributed by atoms with van der Waals surface area (Å²) in [6.45, 7) is 0. The lowest BCUT2D eigenvalue weighted by atomic mass is 9.98. The first-order valence-corrected chi connectivity index (χ1v) is 19.6. The molecule has 0 heterocycles. The van der Waals surface area contributed by atoms with Crippen LogP contribution < -0.4 is 0 Å². The SMILES string of the molecule is O=S(=O)(Cc1c2ccccc2cc2ccccc12)c1ccc([S+](c2ccccc2)c2ccccc2)cc1.O=S(=O)([O-])C(F)(F)C(F)(F)C(F)(F)C(F)(F)F. The van der Waals surface area contributed by atoms with Gasteiger partial charge in [0.2, 0.25) is 0 Å². The Morgan fingerprint density at radius 2 is 0.889 bits per heavy atom. The van der Waals surface area contributed by atoms with Crippen molar-refractivity contribution in [3.8, 4) is 0 Å². The highest BCUT2D eigenvalue weighted by atomic mass is 32.2. The van der Waals surface area contributed by atoms with E-state index in [0.717, 1.165) is 32.0 Å². The summed E-state index contributed by atoms with van der Waals surface area (Å²) in [5, 5.41) is -3.04. The second-order valence-corrected chi connectivity index (χ2v) is 17.0. The molecule has 0 saturated heterocycles. The molecular weight excluding hydrogens is 792 g/mol. The minimum absolute atomic E-state index is 0.0443. The molecule has 0 spiro atoms. The van der Waals surface area contributed by atoms with E-state index in [2.05, 4.69) is 30.3 Å². The van der Waals surface area contributed by atoms with E-state index < -0.39 is 43.2 Å². The van der Waals surface area contributed by atoms with Gasteiger partial charge in [-0.25, -0.2) is 16.8 Å². The van der Waals surface area contributed by atoms with Crippen LogP contribution in [0, 0.1) is 0 Å². The predicted octanol–water partition coefficient (Wildman–Crippen LogP) is 10.0. The Hall–Kier alpha value is -4.58. The van der Waals surface area contributed by atoms with E-state index in [0.29, 0.717) is 4.90 Å². The molecule has 6 aromatic rings. The highest BCUT2D eigenvalue weighted by Gasteiger charge is 2.83. The van der Waals surface area contributed by atoms with E-state index in [1.165, 1.54) is 9.79 Å². The zero-order valence-electron chi connectivity index (χ0n) is 27.2. The molecule has 284 valence electrons. The fourth-order valence-corrected chi connectivity index (χ4v) is 9.29. The maximum atomic E-state index is 13.7. The van der Waals surface area contributed by atoms with Gasteiger partial charge in [-0.2, -0.15) is 39.5 Å². The summed E-state index contributed by atoms with van der Waals surface area (Å²) in [4.78, 5) is 3.84. The van der Waals surface area contributed by atoms with E-state index >= 15 is 0 Å². The third kappa shape index (κ3) is 7.80. The van der Waals surface area contributed by atoms with Crippen LogP contribution in [0.4, 0.5) is 39.5 Å². The van der Waals surface area contributed by atoms with Crippen molar-refractivity contribution in [2.24, 2.45) is 0 Å². The molecule has 5 nitrogen and oxygen atoms in total. The lowest BCUT2D eigenvalue weighted by Crippen LogP contribution is -2.63. The maximum Gasteiger partial charge on any atom is 0.460 e. The molecule has 6 aromatic carbocycles. The summed E-state index contributed by atoms with van der Waals surface area (Å²) in [6.07, 6.45) is -7.16. The summed E-state index contributed by atoms with van der Waals surface area (Å²) in [5.41, 5.74) is 0.853. The Labute approximate surface area is 306 Å². The molecule has 0 aliphatic carbocycles. The molecule has 17 heteroatoms. The van der Waals surface area contributed by atoms with Crippen LogP contribution >= 0.6 is 0 Å². The van der Waals surface area contributed by atoms with Gasteiger partial charge in [-0.15, -0.1) is 0 Å². The van der Waals surface area contributed by atoms with Crippen molar-refractivity contribution >= 4 is 52.4 Å². The predicted molar refractivity (Wildman–Crippen MR) is 184 cm³/mol. The van der Waals surface area contributed by atoms with Crippen LogP contribution in [-0.4, -0.2) is 44.7 Å². The molecule has 54 heavy (non-hydrogen) atoms. The average Bonchev–Trinajstić information content (AvgIpc) is 3.12. The van der Waals surface area contributed by atoms with Gasteiger partial charge in [0.05, 0.1) is 21.5 Å². The first-order valence-electron chi connectivity index (χ1n) is 15.3. The summed E-state index contributed by atoms with van der Waals surface area (Å²) < 4.78 is 163. The number of halogens is 9. The summed E-state index contributed by atoms with van der Waals surface area (Å²) >= 11 is 0. The van der Waals surface area contributed by atoms with E-state index in [4.69, 9.17) is 0 Å². The minimum atomic E-state index is -7.43. The standard InChI is InChI=1S/C33H25O2S2.C4HF9O3S/c34-37(35,24-33-31-17-9-7-11-25(31)23-26-12-8-10-18-32(26)33)30-21-19-29(20-22-30)36(27-13-3-1-4-14-27)28-15-5-2-6-16-28;5-1(6,3(9,10)11)2(7,8)4(12,13)17(14,15)16/h1-23H,24H2;(H,14,15,16)/q+1;/p-1. The molecule has 0 bridgehead atoms. The second kappa shape index (κ2) is 14.9. The van der Waals surface area contributed by atoms with Crippen LogP contribution in [0.2, 0.25) is 0 Å². The summed E-state index contributed by atoms with van der Waals surface area (Å²) in [6, 6.07) is 46.4. The number of rotatable bonds is 9. The Kier molecular flexibility index (Phi) is 11.2. The summed E-state index contributed by atoms with van der Waals surface area (Å²) in [7, 11) is -11.3. The van der Waals surface area contributed by atoms with Gasteiger partial charge in [0, 0.05) is 0 Å². The van der Waals surface area contributed by atoms with E-state index in [9.17, 15) is 60.9 Å². The van der Waals surface area contributed by atoms with E-state index in [-0.39, 0.29) is 16.6 Å². The molecular formula is C37H25F9O5S3. The van der Waals surface area contributed by atoms with Crippen LogP contribution in [0.5, 0.6) is 0 Å². The summed E-state index contributed by atoms with van der Waals surface area (Å²) in [5.74, 6) is -14.9. The Morgan fingerprint density at radius 3 is 1.30 bits per heavy atom. The fraction of sp³-hybridized carbons (Fsp3) is 0.135. The Morgan fingerprint density at radius 1 is 0.500 bits per heavy atom. The van der Waals surface area contributed by atoms with Crippen molar-refractivity contribution in [1.29, 1.82) is 0 Å². The molecule has 0 N–H and O–H groups in total. The lowest BCUT2D eigenvalue weighted by Gasteiger charge is -2.34. The first kappa shape index (κ1) is 40.6. The van der Waals surface area contributed by atoms with Crippen LogP contribution in [0.15, 0.2) is 159 Å². The molecule has 0 fully saturated rings. The molecule has 0 amide bonds. The number of sulfone groups is 1. The van der Waals surface area contributed by atoms with Gasteiger partial charge in [-0.05, 0) is 81.7 Å². The van der Waals surface area contributed by atoms with Gasteiger partial charge in [0.1, 0.15) is 0 Å². The topological polar surface area (TPSA) is 91.3 Å². The Bertz CT molecular complexity index is 2390. The van der Waals surface area contributed by atoms with Crippen molar-refractivity contribution in [3.63, 3.8) is 0 Å². The first-order chi connectivity index (χ1) is 25.1. The molecule has 0 atom stereocenters. The number of hydrogen-bond acceptors (Lipinski definition) is 5. The third-order valence-electron chi connectivity index (χ3n) is 8.02. The number of alkyl halides is 9. The lowest BCUT2D eigenvalue weighted by molar-refractivity contribution is -0.382. The number of hydrogen-bond donors (Lipinski definition) is 0. The molecule has 6 rings (SSSR count). The third-order valence-corrected chi connectivity index (χ3v) is 12.8. The highest BCUT2D eigenvalue weighted by Crippen LogP contribution is 2.54. The number of fused-ring (bicyclic) bond motifs is 2. The quantitative estimate of drug-likeness (QED) is 0.0628. The van der Waals surface area contributed by atoms with Crippen molar-refractivity contribution < 1.29 is 60.9 Å². The fourth-order valence-electron chi connectivity index (χ4n) is 5.36. The van der Waals surface area contributed by atoms with E-state index in [1.807, 2.05) is 97.1 Å². The highest BCUT2D eigenvalue weighted by molar-refractivity contribution is 7.97. The van der Waals surface area contributed by atoms with Gasteiger partial charge in [0.25, 0.3) is 0 Å². The molecule has 0 aliphatic rings. The largest absolute Gasteiger partial charge is 0.743 e. The van der Waals surface area contributed by atoms with Gasteiger partial charge >= 0.3 is 23.3 Å². The van der Waals surface area contributed by atoms with Gasteiger partial charge in [0.15, 0.2) is 34.6 Å². The van der Waals surface area contributed by atoms with Gasteiger partial charge in [-0.3, -0.25) is 0 Å². The average molecular weight is 817 g/mol.